The number of benzene rings is 1. The van der Waals surface area contributed by atoms with Crippen molar-refractivity contribution in [1.82, 2.24) is 14.6 Å². The van der Waals surface area contributed by atoms with Crippen molar-refractivity contribution in [3.05, 3.63) is 35.3 Å². The minimum absolute atomic E-state index is 0.223. The number of methoxy groups -OCH3 is 1. The maximum Gasteiger partial charge on any atom is 0.347 e. The molecule has 2 aromatic heterocycles. The number of para-hydroxylation sites is 1. The lowest BCUT2D eigenvalue weighted by Gasteiger charge is -2.05. The minimum atomic E-state index is -0.971. The van der Waals surface area contributed by atoms with Crippen LogP contribution in [-0.2, 0) is 0 Å². The average molecular weight is 275 g/mol. The van der Waals surface area contributed by atoms with E-state index in [1.54, 1.807) is 11.5 Å². The third-order valence-corrected chi connectivity index (χ3v) is 3.63. The molecule has 0 aliphatic rings. The van der Waals surface area contributed by atoms with Gasteiger partial charge in [-0.15, -0.1) is 10.2 Å². The van der Waals surface area contributed by atoms with Gasteiger partial charge >= 0.3 is 5.97 Å². The molecular weight excluding hydrogens is 266 g/mol. The van der Waals surface area contributed by atoms with Crippen molar-refractivity contribution in [3.63, 3.8) is 0 Å². The quantitative estimate of drug-likeness (QED) is 0.792. The standard InChI is InChI=1S/C12H9N3O3S/c1-18-8-5-3-2-4-7(8)10-13-14-12-15(10)6-9(19-12)11(16)17/h2-6H,1H3,(H,16,17). The highest BCUT2D eigenvalue weighted by atomic mass is 32.1. The molecule has 96 valence electrons. The molecule has 0 saturated heterocycles. The molecule has 0 atom stereocenters. The van der Waals surface area contributed by atoms with Gasteiger partial charge < -0.3 is 9.84 Å². The lowest BCUT2D eigenvalue weighted by Crippen LogP contribution is -1.94. The van der Waals surface area contributed by atoms with E-state index in [-0.39, 0.29) is 4.88 Å². The third-order valence-electron chi connectivity index (χ3n) is 2.67. The van der Waals surface area contributed by atoms with Gasteiger partial charge in [-0.05, 0) is 12.1 Å². The molecule has 0 unspecified atom stereocenters. The number of carbonyl (C=O) groups is 1. The lowest BCUT2D eigenvalue weighted by molar-refractivity contribution is 0.0702. The summed E-state index contributed by atoms with van der Waals surface area (Å²) in [6, 6.07) is 7.40. The van der Waals surface area contributed by atoms with Crippen molar-refractivity contribution in [3.8, 4) is 17.1 Å². The van der Waals surface area contributed by atoms with Gasteiger partial charge in [0.2, 0.25) is 4.96 Å². The Hall–Kier alpha value is -2.41. The second-order valence-corrected chi connectivity index (χ2v) is 4.79. The van der Waals surface area contributed by atoms with E-state index in [4.69, 9.17) is 9.84 Å². The summed E-state index contributed by atoms with van der Waals surface area (Å²) in [6.07, 6.45) is 1.52. The van der Waals surface area contributed by atoms with E-state index in [2.05, 4.69) is 10.2 Å². The largest absolute Gasteiger partial charge is 0.496 e. The number of carboxylic acids is 1. The third kappa shape index (κ3) is 1.84. The van der Waals surface area contributed by atoms with Crippen LogP contribution in [0.1, 0.15) is 9.67 Å². The van der Waals surface area contributed by atoms with Crippen molar-refractivity contribution in [2.45, 2.75) is 0 Å². The number of nitrogens with zero attached hydrogens (tertiary/aromatic N) is 3. The summed E-state index contributed by atoms with van der Waals surface area (Å²) in [4.78, 5) is 11.7. The van der Waals surface area contributed by atoms with E-state index in [1.807, 2.05) is 24.3 Å². The molecule has 0 radical (unpaired) electrons. The number of hydrogen-bond donors (Lipinski definition) is 1. The van der Waals surface area contributed by atoms with E-state index in [0.717, 1.165) is 16.9 Å². The van der Waals surface area contributed by atoms with Crippen LogP contribution in [0, 0.1) is 0 Å². The fraction of sp³-hybridized carbons (Fsp3) is 0.0833. The summed E-state index contributed by atoms with van der Waals surface area (Å²) in [5.74, 6) is 0.262. The Bertz CT molecular complexity index is 763. The summed E-state index contributed by atoms with van der Waals surface area (Å²) in [7, 11) is 1.58. The molecule has 0 fully saturated rings. The molecule has 0 aliphatic heterocycles. The van der Waals surface area contributed by atoms with Crippen LogP contribution in [0.4, 0.5) is 0 Å². The number of thiazole rings is 1. The first-order valence-corrected chi connectivity index (χ1v) is 6.23. The molecule has 0 bridgehead atoms. The lowest BCUT2D eigenvalue weighted by atomic mass is 10.2. The molecular formula is C12H9N3O3S. The first-order valence-electron chi connectivity index (χ1n) is 5.42. The van der Waals surface area contributed by atoms with Crippen LogP contribution in [-0.4, -0.2) is 32.8 Å². The maximum atomic E-state index is 11.0. The van der Waals surface area contributed by atoms with Crippen LogP contribution in [0.25, 0.3) is 16.3 Å². The summed E-state index contributed by atoms with van der Waals surface area (Å²) in [5, 5.41) is 17.1. The second kappa shape index (κ2) is 4.36. The topological polar surface area (TPSA) is 76.7 Å². The summed E-state index contributed by atoms with van der Waals surface area (Å²) < 4.78 is 6.94. The molecule has 0 amide bonds. The van der Waals surface area contributed by atoms with Gasteiger partial charge in [-0.1, -0.05) is 23.5 Å². The molecule has 6 nitrogen and oxygen atoms in total. The van der Waals surface area contributed by atoms with E-state index >= 15 is 0 Å². The number of aromatic nitrogens is 3. The number of rotatable bonds is 3. The fourth-order valence-corrected chi connectivity index (χ4v) is 2.58. The zero-order valence-electron chi connectivity index (χ0n) is 9.90. The second-order valence-electron chi connectivity index (χ2n) is 3.78. The number of aromatic carboxylic acids is 1. The molecule has 1 N–H and O–H groups in total. The van der Waals surface area contributed by atoms with Gasteiger partial charge in [0.15, 0.2) is 5.82 Å². The molecule has 0 spiro atoms. The van der Waals surface area contributed by atoms with Gasteiger partial charge in [0, 0.05) is 6.20 Å². The monoisotopic (exact) mass is 275 g/mol. The Balaban J connectivity index is 2.22. The Morgan fingerprint density at radius 2 is 2.16 bits per heavy atom. The van der Waals surface area contributed by atoms with Gasteiger partial charge in [-0.3, -0.25) is 4.40 Å². The molecule has 3 aromatic rings. The van der Waals surface area contributed by atoms with E-state index in [9.17, 15) is 4.79 Å². The van der Waals surface area contributed by atoms with Gasteiger partial charge in [0.1, 0.15) is 10.6 Å². The van der Waals surface area contributed by atoms with Crippen molar-refractivity contribution < 1.29 is 14.6 Å². The number of carboxylic acid groups (broad SMARTS) is 1. The van der Waals surface area contributed by atoms with Crippen LogP contribution in [0.5, 0.6) is 5.75 Å². The highest BCUT2D eigenvalue weighted by molar-refractivity contribution is 7.18. The first-order chi connectivity index (χ1) is 9.20. The highest BCUT2D eigenvalue weighted by Crippen LogP contribution is 2.30. The molecule has 1 aromatic carbocycles. The predicted octanol–water partition coefficient (Wildman–Crippen LogP) is 2.16. The van der Waals surface area contributed by atoms with Crippen LogP contribution < -0.4 is 4.74 Å². The highest BCUT2D eigenvalue weighted by Gasteiger charge is 2.17. The van der Waals surface area contributed by atoms with E-state index in [0.29, 0.717) is 16.5 Å². The smallest absolute Gasteiger partial charge is 0.347 e. The zero-order valence-corrected chi connectivity index (χ0v) is 10.7. The van der Waals surface area contributed by atoms with Gasteiger partial charge in [-0.25, -0.2) is 4.79 Å². The van der Waals surface area contributed by atoms with Crippen molar-refractivity contribution in [2.75, 3.05) is 7.11 Å². The minimum Gasteiger partial charge on any atom is -0.496 e. The summed E-state index contributed by atoms with van der Waals surface area (Å²) in [5.41, 5.74) is 0.771. The van der Waals surface area contributed by atoms with Crippen LogP contribution in [0.3, 0.4) is 0 Å². The van der Waals surface area contributed by atoms with Crippen LogP contribution >= 0.6 is 11.3 Å². The number of fused-ring (bicyclic) bond motifs is 1. The van der Waals surface area contributed by atoms with E-state index in [1.165, 1.54) is 6.20 Å². The number of hydrogen-bond acceptors (Lipinski definition) is 5. The summed E-state index contributed by atoms with van der Waals surface area (Å²) in [6.45, 7) is 0. The normalized spacial score (nSPS) is 10.8. The molecule has 0 aliphatic carbocycles. The van der Waals surface area contributed by atoms with Crippen LogP contribution in [0.2, 0.25) is 0 Å². The van der Waals surface area contributed by atoms with E-state index < -0.39 is 5.97 Å². The van der Waals surface area contributed by atoms with Crippen molar-refractivity contribution >= 4 is 22.3 Å². The van der Waals surface area contributed by atoms with Gasteiger partial charge in [0.05, 0.1) is 12.7 Å². The SMILES string of the molecule is COc1ccccc1-c1nnc2sc(C(=O)O)cn12. The first kappa shape index (κ1) is 11.7. The molecule has 0 saturated carbocycles. The molecule has 7 heteroatoms. The predicted molar refractivity (Wildman–Crippen MR) is 69.8 cm³/mol. The van der Waals surface area contributed by atoms with Gasteiger partial charge in [-0.2, -0.15) is 0 Å². The number of ether oxygens (including phenoxy) is 1. The van der Waals surface area contributed by atoms with Crippen molar-refractivity contribution in [1.29, 1.82) is 0 Å². The maximum absolute atomic E-state index is 11.0. The van der Waals surface area contributed by atoms with Crippen LogP contribution in [0.15, 0.2) is 30.5 Å². The zero-order chi connectivity index (χ0) is 13.4. The molecule has 19 heavy (non-hydrogen) atoms. The Kier molecular flexibility index (Phi) is 2.68. The fourth-order valence-electron chi connectivity index (χ4n) is 1.82. The average Bonchev–Trinajstić information content (AvgIpc) is 2.98. The molecule has 2 heterocycles. The Morgan fingerprint density at radius 3 is 2.89 bits per heavy atom. The molecule has 3 rings (SSSR count). The summed E-state index contributed by atoms with van der Waals surface area (Å²) >= 11 is 1.08. The van der Waals surface area contributed by atoms with Crippen molar-refractivity contribution in [2.24, 2.45) is 0 Å². The van der Waals surface area contributed by atoms with Gasteiger partial charge in [0.25, 0.3) is 0 Å². The Labute approximate surface area is 111 Å². The Morgan fingerprint density at radius 1 is 1.37 bits per heavy atom.